The lowest BCUT2D eigenvalue weighted by atomic mass is 9.60. The second-order valence-electron chi connectivity index (χ2n) is 10.8. The van der Waals surface area contributed by atoms with Crippen molar-refractivity contribution in [3.63, 3.8) is 0 Å². The molecule has 3 aromatic rings. The number of rotatable bonds is 4. The Morgan fingerprint density at radius 3 is 2.34 bits per heavy atom. The van der Waals surface area contributed by atoms with Crippen molar-refractivity contribution < 1.29 is 9.59 Å². The summed E-state index contributed by atoms with van der Waals surface area (Å²) in [5.74, 6) is 0.185. The van der Waals surface area contributed by atoms with Crippen LogP contribution in [0, 0.1) is 16.7 Å². The van der Waals surface area contributed by atoms with E-state index in [0.29, 0.717) is 35.5 Å². The fourth-order valence-corrected chi connectivity index (χ4v) is 6.39. The van der Waals surface area contributed by atoms with Crippen molar-refractivity contribution in [1.29, 1.82) is 5.26 Å². The molecule has 1 amide bonds. The SMILES string of the molecule is C=CCN1C(=O)[C@@]2(C(C#N)=C(n3cccc3)N(c3ccccc3)C3=C2C(=O)CC(C)(C)C3)c2ccccc21. The van der Waals surface area contributed by atoms with E-state index in [-0.39, 0.29) is 29.2 Å². The van der Waals surface area contributed by atoms with Crippen molar-refractivity contribution in [2.75, 3.05) is 16.3 Å². The second-order valence-corrected chi connectivity index (χ2v) is 10.8. The molecule has 0 N–H and O–H groups in total. The number of carbonyl (C=O) groups is 2. The Balaban J connectivity index is 1.80. The van der Waals surface area contributed by atoms with E-state index in [9.17, 15) is 14.9 Å². The van der Waals surface area contributed by atoms with Crippen LogP contribution in [-0.4, -0.2) is 22.8 Å². The van der Waals surface area contributed by atoms with Gasteiger partial charge in [-0.3, -0.25) is 14.5 Å². The van der Waals surface area contributed by atoms with Gasteiger partial charge < -0.3 is 9.47 Å². The molecule has 1 aliphatic carbocycles. The summed E-state index contributed by atoms with van der Waals surface area (Å²) in [7, 11) is 0. The van der Waals surface area contributed by atoms with Crippen LogP contribution in [0.1, 0.15) is 32.3 Å². The zero-order valence-corrected chi connectivity index (χ0v) is 21.5. The van der Waals surface area contributed by atoms with E-state index in [1.807, 2.05) is 88.6 Å². The van der Waals surface area contributed by atoms with Crippen molar-refractivity contribution >= 4 is 28.9 Å². The topological polar surface area (TPSA) is 69.3 Å². The average Bonchev–Trinajstić information content (AvgIpc) is 3.51. The van der Waals surface area contributed by atoms with Crippen LogP contribution in [0.15, 0.2) is 109 Å². The van der Waals surface area contributed by atoms with E-state index < -0.39 is 5.41 Å². The molecule has 38 heavy (non-hydrogen) atoms. The number of para-hydroxylation sites is 2. The highest BCUT2D eigenvalue weighted by molar-refractivity contribution is 6.22. The Morgan fingerprint density at radius 1 is 0.974 bits per heavy atom. The van der Waals surface area contributed by atoms with E-state index in [4.69, 9.17) is 0 Å². The van der Waals surface area contributed by atoms with Gasteiger partial charge in [0.2, 0.25) is 5.91 Å². The van der Waals surface area contributed by atoms with E-state index >= 15 is 0 Å². The Morgan fingerprint density at radius 2 is 1.66 bits per heavy atom. The molecule has 1 aromatic heterocycles. The first kappa shape index (κ1) is 23.7. The zero-order valence-electron chi connectivity index (χ0n) is 21.5. The maximum absolute atomic E-state index is 14.7. The average molecular weight is 501 g/mol. The summed E-state index contributed by atoms with van der Waals surface area (Å²) in [6.07, 6.45) is 6.31. The number of amides is 1. The van der Waals surface area contributed by atoms with Gasteiger partial charge in [-0.15, -0.1) is 6.58 Å². The molecule has 6 heteroatoms. The fourth-order valence-electron chi connectivity index (χ4n) is 6.39. The van der Waals surface area contributed by atoms with Gasteiger partial charge in [0, 0.05) is 53.6 Å². The number of aromatic nitrogens is 1. The number of Topliss-reactive ketones (excluding diaryl/α,β-unsaturated/α-hetero) is 1. The summed E-state index contributed by atoms with van der Waals surface area (Å²) in [4.78, 5) is 32.6. The molecule has 0 saturated heterocycles. The third-order valence-corrected chi connectivity index (χ3v) is 7.76. The lowest BCUT2D eigenvalue weighted by molar-refractivity contribution is -0.124. The molecule has 0 bridgehead atoms. The number of carbonyl (C=O) groups excluding carboxylic acids is 2. The smallest absolute Gasteiger partial charge is 0.248 e. The molecule has 3 aliphatic rings. The highest BCUT2D eigenvalue weighted by atomic mass is 16.2. The highest BCUT2D eigenvalue weighted by Crippen LogP contribution is 2.59. The van der Waals surface area contributed by atoms with Gasteiger partial charge in [-0.2, -0.15) is 5.26 Å². The van der Waals surface area contributed by atoms with Gasteiger partial charge in [-0.25, -0.2) is 0 Å². The first-order valence-electron chi connectivity index (χ1n) is 12.8. The normalized spacial score (nSPS) is 22.0. The van der Waals surface area contributed by atoms with Crippen LogP contribution in [0.4, 0.5) is 11.4 Å². The summed E-state index contributed by atoms with van der Waals surface area (Å²) in [6, 6.07) is 23.5. The summed E-state index contributed by atoms with van der Waals surface area (Å²) >= 11 is 0. The number of nitrogens with zero attached hydrogens (tertiary/aromatic N) is 4. The molecular weight excluding hydrogens is 472 g/mol. The Bertz CT molecular complexity index is 1590. The van der Waals surface area contributed by atoms with Crippen LogP contribution in [0.5, 0.6) is 0 Å². The predicted molar refractivity (Wildman–Crippen MR) is 148 cm³/mol. The number of hydrogen-bond donors (Lipinski definition) is 0. The molecular formula is C32H28N4O2. The van der Waals surface area contributed by atoms with Crippen LogP contribution in [-0.2, 0) is 15.0 Å². The van der Waals surface area contributed by atoms with Crippen molar-refractivity contribution in [1.82, 2.24) is 4.57 Å². The molecule has 0 saturated carbocycles. The van der Waals surface area contributed by atoms with Gasteiger partial charge in [0.25, 0.3) is 0 Å². The molecule has 0 radical (unpaired) electrons. The number of benzene rings is 2. The van der Waals surface area contributed by atoms with Gasteiger partial charge in [-0.1, -0.05) is 56.3 Å². The predicted octanol–water partition coefficient (Wildman–Crippen LogP) is 5.81. The standard InChI is InChI=1S/C32H28N4O2/c1-4-16-35-25-15-9-8-14-23(25)32(30(35)38)24(21-33)29(34-17-10-11-18-34)36(22-12-6-5-7-13-22)26-19-31(2,3)20-27(37)28(26)32/h4-15,17-18H,1,16,19-20H2,2-3H3/t32-/m1/s1. The van der Waals surface area contributed by atoms with Crippen LogP contribution in [0.2, 0.25) is 0 Å². The van der Waals surface area contributed by atoms with E-state index in [2.05, 4.69) is 26.5 Å². The minimum Gasteiger partial charge on any atom is -0.309 e. The van der Waals surface area contributed by atoms with E-state index in [1.54, 1.807) is 11.0 Å². The van der Waals surface area contributed by atoms with Crippen molar-refractivity contribution in [2.24, 2.45) is 5.41 Å². The van der Waals surface area contributed by atoms with Crippen LogP contribution in [0.3, 0.4) is 0 Å². The first-order valence-corrected chi connectivity index (χ1v) is 12.8. The lowest BCUT2D eigenvalue weighted by Gasteiger charge is -2.47. The quantitative estimate of drug-likeness (QED) is 0.424. The van der Waals surface area contributed by atoms with Crippen LogP contribution >= 0.6 is 0 Å². The van der Waals surface area contributed by atoms with Crippen molar-refractivity contribution in [2.45, 2.75) is 32.1 Å². The molecule has 3 heterocycles. The van der Waals surface area contributed by atoms with Gasteiger partial charge in [0.05, 0.1) is 5.57 Å². The van der Waals surface area contributed by atoms with Gasteiger partial charge in [0.1, 0.15) is 17.3 Å². The number of fused-ring (bicyclic) bond motifs is 3. The van der Waals surface area contributed by atoms with Gasteiger partial charge in [-0.05, 0) is 42.2 Å². The molecule has 1 spiro atoms. The summed E-state index contributed by atoms with van der Waals surface area (Å²) in [5, 5.41) is 10.9. The maximum atomic E-state index is 14.7. The molecule has 188 valence electrons. The molecule has 0 fully saturated rings. The Labute approximate surface area is 222 Å². The Kier molecular flexibility index (Phi) is 5.29. The number of ketones is 1. The monoisotopic (exact) mass is 500 g/mol. The number of nitriles is 1. The first-order chi connectivity index (χ1) is 18.3. The minimum atomic E-state index is -1.54. The minimum absolute atomic E-state index is 0.0971. The molecule has 1 atom stereocenters. The number of allylic oxidation sites excluding steroid dienone is 1. The third kappa shape index (κ3) is 3.12. The third-order valence-electron chi connectivity index (χ3n) is 7.76. The Hall–Kier alpha value is -4.63. The van der Waals surface area contributed by atoms with E-state index in [1.165, 1.54) is 0 Å². The van der Waals surface area contributed by atoms with Crippen LogP contribution in [0.25, 0.3) is 5.82 Å². The second kappa shape index (κ2) is 8.46. The molecule has 2 aromatic carbocycles. The maximum Gasteiger partial charge on any atom is 0.248 e. The van der Waals surface area contributed by atoms with Crippen molar-refractivity contribution in [3.8, 4) is 6.07 Å². The molecule has 2 aliphatic heterocycles. The summed E-state index contributed by atoms with van der Waals surface area (Å²) in [6.45, 7) is 8.30. The highest BCUT2D eigenvalue weighted by Gasteiger charge is 2.63. The number of anilines is 2. The van der Waals surface area contributed by atoms with Crippen molar-refractivity contribution in [3.05, 3.63) is 114 Å². The van der Waals surface area contributed by atoms with Gasteiger partial charge in [0.15, 0.2) is 5.78 Å². The lowest BCUT2D eigenvalue weighted by Crippen LogP contribution is -2.53. The fraction of sp³-hybridized carbons (Fsp3) is 0.219. The largest absolute Gasteiger partial charge is 0.309 e. The molecule has 6 rings (SSSR count). The van der Waals surface area contributed by atoms with Crippen LogP contribution < -0.4 is 9.80 Å². The van der Waals surface area contributed by atoms with E-state index in [0.717, 1.165) is 11.4 Å². The molecule has 0 unspecified atom stereocenters. The molecule has 6 nitrogen and oxygen atoms in total. The number of hydrogen-bond acceptors (Lipinski definition) is 4. The summed E-state index contributed by atoms with van der Waals surface area (Å²) in [5.41, 5.74) is 1.77. The summed E-state index contributed by atoms with van der Waals surface area (Å²) < 4.78 is 1.88. The van der Waals surface area contributed by atoms with Gasteiger partial charge >= 0.3 is 0 Å². The zero-order chi connectivity index (χ0) is 26.7.